The van der Waals surface area contributed by atoms with E-state index in [0.717, 1.165) is 6.26 Å². The molecule has 1 aliphatic rings. The number of para-hydroxylation sites is 3. The van der Waals surface area contributed by atoms with Crippen LogP contribution in [0.2, 0.25) is 0 Å². The second-order valence-electron chi connectivity index (χ2n) is 7.84. The maximum absolute atomic E-state index is 13.0. The van der Waals surface area contributed by atoms with Crippen molar-refractivity contribution in [2.45, 2.75) is 26.4 Å². The lowest BCUT2D eigenvalue weighted by molar-refractivity contribution is -0.122. The summed E-state index contributed by atoms with van der Waals surface area (Å²) in [6, 6.07) is 13.4. The zero-order valence-corrected chi connectivity index (χ0v) is 18.6. The van der Waals surface area contributed by atoms with Gasteiger partial charge in [-0.1, -0.05) is 38.1 Å². The van der Waals surface area contributed by atoms with E-state index in [0.29, 0.717) is 35.2 Å². The van der Waals surface area contributed by atoms with E-state index in [1.165, 1.54) is 4.31 Å². The fraction of sp³-hybridized carbons (Fsp3) is 0.364. The van der Waals surface area contributed by atoms with E-state index in [-0.39, 0.29) is 18.9 Å². The first-order valence-electron chi connectivity index (χ1n) is 10.1. The standard InChI is InChI=1S/C22H27N3O5S/c1-15(2)14-23-21(26)16-8-4-5-9-17(16)24-22(27)20-12-13-25(31(3,28)29)18-10-6-7-11-19(18)30-20/h4-11,15,20H,12-14H2,1-3H3,(H,23,26)(H,24,27). The lowest BCUT2D eigenvalue weighted by Crippen LogP contribution is -2.36. The van der Waals surface area contributed by atoms with E-state index >= 15 is 0 Å². The number of ether oxygens (including phenoxy) is 1. The second-order valence-corrected chi connectivity index (χ2v) is 9.74. The van der Waals surface area contributed by atoms with E-state index in [2.05, 4.69) is 10.6 Å². The number of nitrogens with zero attached hydrogens (tertiary/aromatic N) is 1. The average Bonchev–Trinajstić information content (AvgIpc) is 2.92. The topological polar surface area (TPSA) is 105 Å². The van der Waals surface area contributed by atoms with Crippen molar-refractivity contribution in [2.75, 3.05) is 29.0 Å². The highest BCUT2D eigenvalue weighted by Crippen LogP contribution is 2.34. The fourth-order valence-corrected chi connectivity index (χ4v) is 4.20. The number of nitrogens with one attached hydrogen (secondary N) is 2. The Morgan fingerprint density at radius 3 is 2.52 bits per heavy atom. The van der Waals surface area contributed by atoms with Crippen molar-refractivity contribution >= 4 is 33.2 Å². The van der Waals surface area contributed by atoms with Crippen LogP contribution in [-0.2, 0) is 14.8 Å². The Balaban J connectivity index is 1.80. The van der Waals surface area contributed by atoms with Crippen molar-refractivity contribution in [2.24, 2.45) is 5.92 Å². The molecular formula is C22H27N3O5S. The summed E-state index contributed by atoms with van der Waals surface area (Å²) in [5.41, 5.74) is 1.12. The van der Waals surface area contributed by atoms with Gasteiger partial charge in [-0.2, -0.15) is 0 Å². The molecule has 0 saturated carbocycles. The van der Waals surface area contributed by atoms with Gasteiger partial charge in [0, 0.05) is 19.5 Å². The van der Waals surface area contributed by atoms with Crippen molar-refractivity contribution in [1.29, 1.82) is 0 Å². The Morgan fingerprint density at radius 1 is 1.13 bits per heavy atom. The van der Waals surface area contributed by atoms with Crippen molar-refractivity contribution in [1.82, 2.24) is 5.32 Å². The second kappa shape index (κ2) is 9.38. The Morgan fingerprint density at radius 2 is 1.81 bits per heavy atom. The quantitative estimate of drug-likeness (QED) is 0.711. The number of rotatable bonds is 6. The van der Waals surface area contributed by atoms with Crippen LogP contribution in [0, 0.1) is 5.92 Å². The smallest absolute Gasteiger partial charge is 0.265 e. The van der Waals surface area contributed by atoms with Gasteiger partial charge in [0.1, 0.15) is 5.75 Å². The molecule has 9 heteroatoms. The lowest BCUT2D eigenvalue weighted by atomic mass is 10.1. The molecule has 1 heterocycles. The van der Waals surface area contributed by atoms with Crippen LogP contribution < -0.4 is 19.7 Å². The Labute approximate surface area is 182 Å². The number of fused-ring (bicyclic) bond motifs is 1. The van der Waals surface area contributed by atoms with Crippen LogP contribution in [0.1, 0.15) is 30.6 Å². The van der Waals surface area contributed by atoms with Crippen LogP contribution in [0.4, 0.5) is 11.4 Å². The molecule has 8 nitrogen and oxygen atoms in total. The first-order valence-corrected chi connectivity index (χ1v) is 11.9. The number of carbonyl (C=O) groups excluding carboxylic acids is 2. The van der Waals surface area contributed by atoms with Gasteiger partial charge in [-0.05, 0) is 30.2 Å². The molecule has 0 bridgehead atoms. The molecule has 0 radical (unpaired) electrons. The maximum Gasteiger partial charge on any atom is 0.265 e. The molecule has 0 fully saturated rings. The molecule has 3 rings (SSSR count). The zero-order chi connectivity index (χ0) is 22.6. The molecule has 2 aromatic carbocycles. The third-order valence-corrected chi connectivity index (χ3v) is 5.97. The van der Waals surface area contributed by atoms with E-state index in [1.54, 1.807) is 48.5 Å². The minimum absolute atomic E-state index is 0.102. The van der Waals surface area contributed by atoms with Gasteiger partial charge in [0.2, 0.25) is 10.0 Å². The molecule has 1 unspecified atom stereocenters. The van der Waals surface area contributed by atoms with Gasteiger partial charge in [0.15, 0.2) is 6.10 Å². The average molecular weight is 446 g/mol. The first kappa shape index (κ1) is 22.6. The Kier molecular flexibility index (Phi) is 6.84. The molecule has 2 N–H and O–H groups in total. The normalized spacial score (nSPS) is 16.1. The van der Waals surface area contributed by atoms with Crippen molar-refractivity contribution in [3.63, 3.8) is 0 Å². The van der Waals surface area contributed by atoms with Gasteiger partial charge in [-0.15, -0.1) is 0 Å². The number of sulfonamides is 1. The molecule has 2 aromatic rings. The predicted molar refractivity (Wildman–Crippen MR) is 120 cm³/mol. The number of benzene rings is 2. The van der Waals surface area contributed by atoms with Gasteiger partial charge in [-0.3, -0.25) is 13.9 Å². The molecule has 1 aliphatic heterocycles. The summed E-state index contributed by atoms with van der Waals surface area (Å²) in [5.74, 6) is -0.120. The summed E-state index contributed by atoms with van der Waals surface area (Å²) in [4.78, 5) is 25.5. The number of anilines is 2. The zero-order valence-electron chi connectivity index (χ0n) is 17.8. The van der Waals surface area contributed by atoms with Crippen LogP contribution in [0.15, 0.2) is 48.5 Å². The van der Waals surface area contributed by atoms with E-state index in [1.807, 2.05) is 13.8 Å². The highest BCUT2D eigenvalue weighted by atomic mass is 32.2. The number of hydrogen-bond donors (Lipinski definition) is 2. The van der Waals surface area contributed by atoms with Crippen molar-refractivity contribution in [3.05, 3.63) is 54.1 Å². The minimum Gasteiger partial charge on any atom is -0.478 e. The summed E-state index contributed by atoms with van der Waals surface area (Å²) < 4.78 is 31.6. The molecule has 0 aliphatic carbocycles. The van der Waals surface area contributed by atoms with Gasteiger partial charge >= 0.3 is 0 Å². The highest BCUT2D eigenvalue weighted by molar-refractivity contribution is 7.92. The molecule has 2 amide bonds. The predicted octanol–water partition coefficient (Wildman–Crippen LogP) is 2.63. The molecule has 1 atom stereocenters. The monoisotopic (exact) mass is 445 g/mol. The highest BCUT2D eigenvalue weighted by Gasteiger charge is 2.31. The van der Waals surface area contributed by atoms with Gasteiger partial charge in [0.05, 0.1) is 23.2 Å². The van der Waals surface area contributed by atoms with Gasteiger partial charge in [0.25, 0.3) is 11.8 Å². The number of amides is 2. The van der Waals surface area contributed by atoms with E-state index in [9.17, 15) is 18.0 Å². The SMILES string of the molecule is CC(C)CNC(=O)c1ccccc1NC(=O)C1CCN(S(C)(=O)=O)c2ccccc2O1. The summed E-state index contributed by atoms with van der Waals surface area (Å²) >= 11 is 0. The molecule has 0 saturated heterocycles. The van der Waals surface area contributed by atoms with Gasteiger partial charge < -0.3 is 15.4 Å². The van der Waals surface area contributed by atoms with Gasteiger partial charge in [-0.25, -0.2) is 8.42 Å². The largest absolute Gasteiger partial charge is 0.478 e. The molecule has 0 spiro atoms. The number of hydrogen-bond acceptors (Lipinski definition) is 5. The van der Waals surface area contributed by atoms with E-state index in [4.69, 9.17) is 4.74 Å². The maximum atomic E-state index is 13.0. The van der Waals surface area contributed by atoms with Crippen molar-refractivity contribution in [3.8, 4) is 5.75 Å². The summed E-state index contributed by atoms with van der Waals surface area (Å²) in [6.07, 6.45) is 0.366. The molecule has 31 heavy (non-hydrogen) atoms. The lowest BCUT2D eigenvalue weighted by Gasteiger charge is -2.20. The van der Waals surface area contributed by atoms with Crippen LogP contribution in [0.25, 0.3) is 0 Å². The first-order chi connectivity index (χ1) is 14.7. The Hall–Kier alpha value is -3.07. The van der Waals surface area contributed by atoms with Crippen molar-refractivity contribution < 1.29 is 22.7 Å². The van der Waals surface area contributed by atoms with Crippen LogP contribution in [0.3, 0.4) is 0 Å². The molecular weight excluding hydrogens is 418 g/mol. The third kappa shape index (κ3) is 5.55. The summed E-state index contributed by atoms with van der Waals surface area (Å²) in [5, 5.41) is 5.61. The summed E-state index contributed by atoms with van der Waals surface area (Å²) in [6.45, 7) is 4.61. The van der Waals surface area contributed by atoms with Crippen LogP contribution in [-0.4, -0.2) is 45.7 Å². The fourth-order valence-electron chi connectivity index (χ4n) is 3.25. The number of carbonyl (C=O) groups is 2. The summed E-state index contributed by atoms with van der Waals surface area (Å²) in [7, 11) is -3.53. The molecule has 166 valence electrons. The van der Waals surface area contributed by atoms with E-state index < -0.39 is 22.0 Å². The minimum atomic E-state index is -3.53. The molecule has 0 aromatic heterocycles. The Bertz CT molecular complexity index is 1070. The third-order valence-electron chi connectivity index (χ3n) is 4.79. The van der Waals surface area contributed by atoms with Crippen LogP contribution in [0.5, 0.6) is 5.75 Å². The van der Waals surface area contributed by atoms with Crippen LogP contribution >= 0.6 is 0 Å².